The van der Waals surface area contributed by atoms with E-state index in [2.05, 4.69) is 31.5 Å². The number of rotatable bonds is 3. The number of hydrogen-bond donors (Lipinski definition) is 1. The summed E-state index contributed by atoms with van der Waals surface area (Å²) in [5.74, 6) is -0.618. The van der Waals surface area contributed by atoms with E-state index in [1.165, 1.54) is 6.92 Å². The van der Waals surface area contributed by atoms with Crippen molar-refractivity contribution in [1.29, 1.82) is 0 Å². The molecule has 4 heterocycles. The molecule has 1 aromatic heterocycles. The molecule has 2 saturated heterocycles. The molecule has 0 saturated carbocycles. The van der Waals surface area contributed by atoms with Crippen LogP contribution in [-0.2, 0) is 14.6 Å². The fourth-order valence-electron chi connectivity index (χ4n) is 4.69. The molecule has 14 heteroatoms. The normalized spacial score (nSPS) is 21.7. The van der Waals surface area contributed by atoms with Gasteiger partial charge in [0.25, 0.3) is 0 Å². The lowest BCUT2D eigenvalue weighted by Gasteiger charge is -2.42. The lowest BCUT2D eigenvalue weighted by Crippen LogP contribution is -2.57. The number of carbonyl (C=O) groups excluding carboxylic acids is 1. The van der Waals surface area contributed by atoms with Gasteiger partial charge in [-0.15, -0.1) is 0 Å². The minimum atomic E-state index is -3.85. The third-order valence-corrected chi connectivity index (χ3v) is 8.44. The lowest BCUT2D eigenvalue weighted by atomic mass is 10.1. The zero-order valence-electron chi connectivity index (χ0n) is 19.6. The van der Waals surface area contributed by atoms with Gasteiger partial charge >= 0.3 is 6.09 Å². The monoisotopic (exact) mass is 573 g/mol. The zero-order chi connectivity index (χ0) is 25.3. The number of nitrogens with zero attached hydrogens (tertiary/aromatic N) is 4. The van der Waals surface area contributed by atoms with Crippen molar-refractivity contribution in [3.8, 4) is 11.5 Å². The van der Waals surface area contributed by atoms with Crippen molar-refractivity contribution in [3.05, 3.63) is 10.3 Å². The molecule has 190 valence electrons. The van der Waals surface area contributed by atoms with Crippen LogP contribution in [0.2, 0.25) is 0 Å². The number of carbonyl (C=O) groups is 1. The number of aromatic nitrogens is 2. The number of anilines is 1. The maximum absolute atomic E-state index is 15.4. The molecule has 2 bridgehead atoms. The first-order valence-electron chi connectivity index (χ1n) is 11.2. The summed E-state index contributed by atoms with van der Waals surface area (Å²) in [6.07, 6.45) is 1.12. The average molecular weight is 574 g/mol. The van der Waals surface area contributed by atoms with Crippen LogP contribution in [0.1, 0.15) is 40.5 Å². The van der Waals surface area contributed by atoms with E-state index in [9.17, 15) is 13.2 Å². The summed E-state index contributed by atoms with van der Waals surface area (Å²) in [5.41, 5.74) is 1.41. The smallest absolute Gasteiger partial charge is 0.410 e. The number of piperazine rings is 1. The van der Waals surface area contributed by atoms with Crippen LogP contribution < -0.4 is 20.2 Å². The van der Waals surface area contributed by atoms with Crippen LogP contribution in [-0.4, -0.2) is 65.9 Å². The number of ether oxygens (including phenoxy) is 1. The summed E-state index contributed by atoms with van der Waals surface area (Å²) < 4.78 is 46.3. The van der Waals surface area contributed by atoms with Gasteiger partial charge in [-0.25, -0.2) is 27.6 Å². The van der Waals surface area contributed by atoms with Gasteiger partial charge in [-0.2, -0.15) is 0 Å². The molecule has 2 atom stereocenters. The van der Waals surface area contributed by atoms with E-state index < -0.39 is 26.4 Å². The van der Waals surface area contributed by atoms with Gasteiger partial charge in [0.2, 0.25) is 26.5 Å². The first kappa shape index (κ1) is 24.3. The molecule has 35 heavy (non-hydrogen) atoms. The third kappa shape index (κ3) is 4.04. The molecular formula is C21H25BrFN5O6S. The van der Waals surface area contributed by atoms with Gasteiger partial charge in [0.15, 0.2) is 5.82 Å². The van der Waals surface area contributed by atoms with Crippen LogP contribution in [0.5, 0.6) is 11.5 Å². The van der Waals surface area contributed by atoms with Gasteiger partial charge in [-0.3, -0.25) is 4.90 Å². The number of sulfone groups is 1. The van der Waals surface area contributed by atoms with Crippen LogP contribution in [0.4, 0.5) is 15.0 Å². The van der Waals surface area contributed by atoms with Crippen molar-refractivity contribution in [2.24, 2.45) is 0 Å². The first-order chi connectivity index (χ1) is 16.4. The molecule has 11 nitrogen and oxygen atoms in total. The van der Waals surface area contributed by atoms with Crippen LogP contribution in [0.25, 0.3) is 10.9 Å². The SMILES string of the molecule is CCS(=O)(=O)c1nc(N2C[C@H]3CC[C@@H](C2)N3C(=O)OC(C)(C)C)c2c3c(c(Br)c(F)c2n1)ONO3. The van der Waals surface area contributed by atoms with Gasteiger partial charge in [-0.1, -0.05) is 6.92 Å². The highest BCUT2D eigenvalue weighted by Gasteiger charge is 2.45. The molecule has 0 aliphatic carbocycles. The quantitative estimate of drug-likeness (QED) is 0.547. The number of hydrogen-bond acceptors (Lipinski definition) is 10. The van der Waals surface area contributed by atoms with Crippen molar-refractivity contribution in [2.75, 3.05) is 23.7 Å². The second-order valence-electron chi connectivity index (χ2n) is 9.71. The van der Waals surface area contributed by atoms with Crippen molar-refractivity contribution < 1.29 is 32.0 Å². The van der Waals surface area contributed by atoms with Crippen molar-refractivity contribution >= 4 is 48.6 Å². The predicted molar refractivity (Wildman–Crippen MR) is 126 cm³/mol. The number of benzene rings is 1. The van der Waals surface area contributed by atoms with Crippen LogP contribution in [0.15, 0.2) is 9.63 Å². The third-order valence-electron chi connectivity index (χ3n) is 6.23. The molecule has 2 aromatic rings. The fourth-order valence-corrected chi connectivity index (χ4v) is 5.85. The van der Waals surface area contributed by atoms with Crippen LogP contribution in [0, 0.1) is 5.82 Å². The van der Waals surface area contributed by atoms with Gasteiger partial charge in [0.05, 0.1) is 23.2 Å². The summed E-state index contributed by atoms with van der Waals surface area (Å²) in [6.45, 7) is 7.63. The second kappa shape index (κ2) is 8.30. The van der Waals surface area contributed by atoms with Gasteiger partial charge < -0.3 is 19.3 Å². The Bertz CT molecular complexity index is 1320. The molecular weight excluding hydrogens is 549 g/mol. The Labute approximate surface area is 209 Å². The molecule has 1 aromatic carbocycles. The second-order valence-corrected chi connectivity index (χ2v) is 12.7. The highest BCUT2D eigenvalue weighted by molar-refractivity contribution is 9.10. The summed E-state index contributed by atoms with van der Waals surface area (Å²) in [7, 11) is -3.85. The zero-order valence-corrected chi connectivity index (χ0v) is 22.0. The number of nitrogens with one attached hydrogen (secondary N) is 1. The Hall–Kier alpha value is -2.45. The molecule has 0 unspecified atom stereocenters. The molecule has 1 N–H and O–H groups in total. The Morgan fingerprint density at radius 2 is 1.83 bits per heavy atom. The first-order valence-corrected chi connectivity index (χ1v) is 13.7. The summed E-state index contributed by atoms with van der Waals surface area (Å²) in [5, 5.41) is -0.284. The van der Waals surface area contributed by atoms with E-state index in [1.807, 2.05) is 25.7 Å². The van der Waals surface area contributed by atoms with E-state index in [0.717, 1.165) is 12.8 Å². The summed E-state index contributed by atoms with van der Waals surface area (Å²) in [4.78, 5) is 35.5. The van der Waals surface area contributed by atoms with Gasteiger partial charge in [-0.05, 0) is 49.5 Å². The minimum absolute atomic E-state index is 0.0516. The topological polar surface area (TPSA) is 123 Å². The van der Waals surface area contributed by atoms with E-state index >= 15 is 4.39 Å². The highest BCUT2D eigenvalue weighted by atomic mass is 79.9. The van der Waals surface area contributed by atoms with E-state index in [0.29, 0.717) is 13.1 Å². The highest BCUT2D eigenvalue weighted by Crippen LogP contribution is 2.49. The summed E-state index contributed by atoms with van der Waals surface area (Å²) >= 11 is 3.14. The Balaban J connectivity index is 1.63. The van der Waals surface area contributed by atoms with Crippen molar-refractivity contribution in [1.82, 2.24) is 20.5 Å². The molecule has 3 aliphatic rings. The maximum atomic E-state index is 15.4. The van der Waals surface area contributed by atoms with Gasteiger partial charge in [0.1, 0.15) is 21.4 Å². The standard InChI is InChI=1S/C21H25BrFN5O6S/c1-5-35(30,31)19-24-15-12(16-17(34-26-33-16)13(22)14(15)23)18(25-19)27-8-10-6-7-11(9-27)28(10)20(29)32-21(2,3)4/h10-11,26H,5-9H2,1-4H3/t10-,11+. The number of amides is 1. The predicted octanol–water partition coefficient (Wildman–Crippen LogP) is 3.10. The van der Waals surface area contributed by atoms with Crippen molar-refractivity contribution in [2.45, 2.75) is 63.4 Å². The largest absolute Gasteiger partial charge is 0.444 e. The Morgan fingerprint density at radius 3 is 2.43 bits per heavy atom. The van der Waals surface area contributed by atoms with E-state index in [4.69, 9.17) is 14.4 Å². The minimum Gasteiger partial charge on any atom is -0.444 e. The molecule has 0 spiro atoms. The Kier molecular flexibility index (Phi) is 5.75. The van der Waals surface area contributed by atoms with E-state index in [1.54, 1.807) is 4.90 Å². The Morgan fingerprint density at radius 1 is 1.20 bits per heavy atom. The molecule has 0 radical (unpaired) electrons. The number of halogens is 2. The molecule has 5 rings (SSSR count). The molecule has 1 amide bonds. The fraction of sp³-hybridized carbons (Fsp3) is 0.571. The van der Waals surface area contributed by atoms with Crippen LogP contribution in [0.3, 0.4) is 0 Å². The van der Waals surface area contributed by atoms with E-state index in [-0.39, 0.29) is 56.6 Å². The maximum Gasteiger partial charge on any atom is 0.410 e. The van der Waals surface area contributed by atoms with Gasteiger partial charge in [0, 0.05) is 18.7 Å². The lowest BCUT2D eigenvalue weighted by molar-refractivity contribution is 0.0122. The van der Waals surface area contributed by atoms with Crippen molar-refractivity contribution in [3.63, 3.8) is 0 Å². The average Bonchev–Trinajstić information content (AvgIpc) is 3.38. The molecule has 3 aliphatic heterocycles. The number of fused-ring (bicyclic) bond motifs is 5. The van der Waals surface area contributed by atoms with Crippen LogP contribution >= 0.6 is 15.9 Å². The summed E-state index contributed by atoms with van der Waals surface area (Å²) in [6, 6.07) is -0.355. The molecule has 2 fully saturated rings.